The molecule has 0 spiro atoms. The predicted octanol–water partition coefficient (Wildman–Crippen LogP) is 1.22. The van der Waals surface area contributed by atoms with Crippen molar-refractivity contribution < 1.29 is 9.53 Å². The second kappa shape index (κ2) is 4.39. The van der Waals surface area contributed by atoms with Crippen LogP contribution in [0.3, 0.4) is 0 Å². The van der Waals surface area contributed by atoms with Crippen molar-refractivity contribution >= 4 is 6.03 Å². The third-order valence-electron chi connectivity index (χ3n) is 3.35. The smallest absolute Gasteiger partial charge is 0.317 e. The molecule has 2 rings (SSSR count). The van der Waals surface area contributed by atoms with Gasteiger partial charge in [0, 0.05) is 20.2 Å². The molecular formula is C11H20N2O2. The van der Waals surface area contributed by atoms with E-state index >= 15 is 0 Å². The molecule has 2 aliphatic rings. The van der Waals surface area contributed by atoms with Crippen molar-refractivity contribution in [3.63, 3.8) is 0 Å². The van der Waals surface area contributed by atoms with Crippen LogP contribution in [0.25, 0.3) is 0 Å². The molecule has 1 saturated carbocycles. The Balaban J connectivity index is 1.84. The number of carbonyl (C=O) groups is 1. The summed E-state index contributed by atoms with van der Waals surface area (Å²) in [7, 11) is 1.82. The van der Waals surface area contributed by atoms with Gasteiger partial charge in [0.25, 0.3) is 0 Å². The lowest BCUT2D eigenvalue weighted by atomic mass is 10.1. The highest BCUT2D eigenvalue weighted by molar-refractivity contribution is 5.74. The number of rotatable bonds is 3. The van der Waals surface area contributed by atoms with Crippen LogP contribution in [0, 0.1) is 5.92 Å². The van der Waals surface area contributed by atoms with Gasteiger partial charge in [0.15, 0.2) is 0 Å². The molecule has 2 fully saturated rings. The van der Waals surface area contributed by atoms with E-state index in [0.717, 1.165) is 19.6 Å². The number of ether oxygens (including phenoxy) is 1. The lowest BCUT2D eigenvalue weighted by Gasteiger charge is -2.23. The average molecular weight is 212 g/mol. The van der Waals surface area contributed by atoms with Gasteiger partial charge in [0.2, 0.25) is 0 Å². The van der Waals surface area contributed by atoms with Crippen LogP contribution in [0.4, 0.5) is 4.79 Å². The molecule has 15 heavy (non-hydrogen) atoms. The molecule has 86 valence electrons. The van der Waals surface area contributed by atoms with E-state index in [-0.39, 0.29) is 18.2 Å². The summed E-state index contributed by atoms with van der Waals surface area (Å²) in [5.41, 5.74) is 0. The van der Waals surface area contributed by atoms with Crippen molar-refractivity contribution in [2.24, 2.45) is 5.92 Å². The highest BCUT2D eigenvalue weighted by Gasteiger charge is 2.41. The minimum atomic E-state index is 0.0265. The van der Waals surface area contributed by atoms with Gasteiger partial charge in [0.1, 0.15) is 0 Å². The fourth-order valence-electron chi connectivity index (χ4n) is 2.07. The monoisotopic (exact) mass is 212 g/mol. The molecule has 4 nitrogen and oxygen atoms in total. The van der Waals surface area contributed by atoms with Crippen molar-refractivity contribution in [1.82, 2.24) is 10.2 Å². The first-order valence-electron chi connectivity index (χ1n) is 5.85. The molecule has 0 radical (unpaired) electrons. The van der Waals surface area contributed by atoms with Gasteiger partial charge in [-0.25, -0.2) is 4.79 Å². The highest BCUT2D eigenvalue weighted by atomic mass is 16.5. The van der Waals surface area contributed by atoms with Crippen molar-refractivity contribution in [2.75, 3.05) is 20.2 Å². The van der Waals surface area contributed by atoms with Crippen molar-refractivity contribution in [3.05, 3.63) is 0 Å². The second-order valence-corrected chi connectivity index (χ2v) is 4.53. The number of hydrogen-bond donors (Lipinski definition) is 1. The van der Waals surface area contributed by atoms with Crippen molar-refractivity contribution in [3.8, 4) is 0 Å². The summed E-state index contributed by atoms with van der Waals surface area (Å²) in [5.74, 6) is 0.699. The molecule has 1 N–H and O–H groups in total. The van der Waals surface area contributed by atoms with Gasteiger partial charge in [0.05, 0.1) is 12.1 Å². The van der Waals surface area contributed by atoms with Crippen LogP contribution in [0.1, 0.15) is 26.2 Å². The van der Waals surface area contributed by atoms with Crippen LogP contribution in [0.5, 0.6) is 0 Å². The molecule has 0 aromatic heterocycles. The summed E-state index contributed by atoms with van der Waals surface area (Å²) in [6.07, 6.45) is 3.77. The summed E-state index contributed by atoms with van der Waals surface area (Å²) in [4.78, 5) is 13.4. The van der Waals surface area contributed by atoms with E-state index < -0.39 is 0 Å². The molecule has 1 saturated heterocycles. The molecule has 1 heterocycles. The molecule has 4 heteroatoms. The summed E-state index contributed by atoms with van der Waals surface area (Å²) in [6.45, 7) is 3.51. The van der Waals surface area contributed by atoms with Crippen LogP contribution in [-0.2, 0) is 4.74 Å². The maximum atomic E-state index is 11.7. The minimum absolute atomic E-state index is 0.0265. The van der Waals surface area contributed by atoms with E-state index in [1.165, 1.54) is 12.8 Å². The Morgan fingerprint density at radius 2 is 2.20 bits per heavy atom. The number of carbonyl (C=O) groups excluding carboxylic acids is 1. The molecule has 0 bridgehead atoms. The van der Waals surface area contributed by atoms with E-state index in [1.807, 2.05) is 14.0 Å². The lowest BCUT2D eigenvalue weighted by Crippen LogP contribution is -2.46. The number of nitrogens with zero attached hydrogens (tertiary/aromatic N) is 1. The number of urea groups is 1. The third kappa shape index (κ3) is 2.43. The third-order valence-corrected chi connectivity index (χ3v) is 3.35. The number of nitrogens with one attached hydrogen (secondary N) is 1. The quantitative estimate of drug-likeness (QED) is 0.764. The Kier molecular flexibility index (Phi) is 3.14. The van der Waals surface area contributed by atoms with Crippen LogP contribution in [-0.4, -0.2) is 43.3 Å². The predicted molar refractivity (Wildman–Crippen MR) is 57.7 cm³/mol. The van der Waals surface area contributed by atoms with Crippen LogP contribution < -0.4 is 5.32 Å². The SMILES string of the molecule is CCN(C)C(=O)NC1CCOC1C1CC1. The van der Waals surface area contributed by atoms with Gasteiger partial charge in [-0.15, -0.1) is 0 Å². The fraction of sp³-hybridized carbons (Fsp3) is 0.909. The number of amides is 2. The molecule has 2 amide bonds. The molecule has 1 aliphatic carbocycles. The first-order chi connectivity index (χ1) is 7.22. The second-order valence-electron chi connectivity index (χ2n) is 4.53. The number of hydrogen-bond acceptors (Lipinski definition) is 2. The molecule has 2 atom stereocenters. The molecular weight excluding hydrogens is 192 g/mol. The van der Waals surface area contributed by atoms with Crippen molar-refractivity contribution in [1.29, 1.82) is 0 Å². The Hall–Kier alpha value is -0.770. The van der Waals surface area contributed by atoms with E-state index in [0.29, 0.717) is 5.92 Å². The zero-order valence-electron chi connectivity index (χ0n) is 9.53. The van der Waals surface area contributed by atoms with Gasteiger partial charge in [-0.1, -0.05) is 0 Å². The average Bonchev–Trinajstić information content (AvgIpc) is 2.99. The normalized spacial score (nSPS) is 30.3. The van der Waals surface area contributed by atoms with Crippen molar-refractivity contribution in [2.45, 2.75) is 38.3 Å². The van der Waals surface area contributed by atoms with Crippen LogP contribution in [0.2, 0.25) is 0 Å². The molecule has 0 aromatic rings. The Morgan fingerprint density at radius 3 is 2.80 bits per heavy atom. The van der Waals surface area contributed by atoms with Crippen LogP contribution >= 0.6 is 0 Å². The first kappa shape index (κ1) is 10.7. The van der Waals surface area contributed by atoms with E-state index in [1.54, 1.807) is 4.90 Å². The Bertz CT molecular complexity index is 241. The van der Waals surface area contributed by atoms with E-state index in [4.69, 9.17) is 4.74 Å². The fourth-order valence-corrected chi connectivity index (χ4v) is 2.07. The maximum absolute atomic E-state index is 11.7. The Morgan fingerprint density at radius 1 is 1.47 bits per heavy atom. The van der Waals surface area contributed by atoms with E-state index in [9.17, 15) is 4.79 Å². The van der Waals surface area contributed by atoms with Gasteiger partial charge < -0.3 is 15.0 Å². The first-order valence-corrected chi connectivity index (χ1v) is 5.85. The van der Waals surface area contributed by atoms with Crippen LogP contribution in [0.15, 0.2) is 0 Å². The van der Waals surface area contributed by atoms with Gasteiger partial charge in [-0.3, -0.25) is 0 Å². The van der Waals surface area contributed by atoms with Gasteiger partial charge in [-0.05, 0) is 32.1 Å². The Labute approximate surface area is 91.0 Å². The van der Waals surface area contributed by atoms with Gasteiger partial charge in [-0.2, -0.15) is 0 Å². The summed E-state index contributed by atoms with van der Waals surface area (Å²) >= 11 is 0. The topological polar surface area (TPSA) is 41.6 Å². The molecule has 1 aliphatic heterocycles. The van der Waals surface area contributed by atoms with E-state index in [2.05, 4.69) is 5.32 Å². The largest absolute Gasteiger partial charge is 0.376 e. The van der Waals surface area contributed by atoms with Gasteiger partial charge >= 0.3 is 6.03 Å². The molecule has 2 unspecified atom stereocenters. The molecule has 0 aromatic carbocycles. The minimum Gasteiger partial charge on any atom is -0.376 e. The highest BCUT2D eigenvalue weighted by Crippen LogP contribution is 2.38. The summed E-state index contributed by atoms with van der Waals surface area (Å²) in [5, 5.41) is 3.06. The zero-order chi connectivity index (χ0) is 10.8. The zero-order valence-corrected chi connectivity index (χ0v) is 9.53. The summed E-state index contributed by atoms with van der Waals surface area (Å²) < 4.78 is 5.67. The lowest BCUT2D eigenvalue weighted by molar-refractivity contribution is 0.0814. The standard InChI is InChI=1S/C11H20N2O2/c1-3-13(2)11(14)12-9-6-7-15-10(9)8-4-5-8/h8-10H,3-7H2,1-2H3,(H,12,14). The maximum Gasteiger partial charge on any atom is 0.317 e. The summed E-state index contributed by atoms with van der Waals surface area (Å²) in [6, 6.07) is 0.262.